The van der Waals surface area contributed by atoms with Gasteiger partial charge in [0.1, 0.15) is 0 Å². The van der Waals surface area contributed by atoms with Crippen molar-refractivity contribution in [1.29, 1.82) is 0 Å². The van der Waals surface area contributed by atoms with Crippen LogP contribution in [0.5, 0.6) is 0 Å². The third kappa shape index (κ3) is 6.58. The molecule has 26 heavy (non-hydrogen) atoms. The average molecular weight is 495 g/mol. The van der Waals surface area contributed by atoms with Crippen LogP contribution >= 0.6 is 24.0 Å². The van der Waals surface area contributed by atoms with E-state index in [0.29, 0.717) is 0 Å². The summed E-state index contributed by atoms with van der Waals surface area (Å²) in [5.74, 6) is 0.622. The van der Waals surface area contributed by atoms with Crippen molar-refractivity contribution < 1.29 is 8.42 Å². The minimum Gasteiger partial charge on any atom is -0.368 e. The van der Waals surface area contributed by atoms with Crippen molar-refractivity contribution in [3.8, 4) is 0 Å². The summed E-state index contributed by atoms with van der Waals surface area (Å²) in [5, 5.41) is 8.28. The van der Waals surface area contributed by atoms with E-state index in [1.807, 2.05) is 6.92 Å². The number of hydrogen-bond acceptors (Lipinski definition) is 4. The summed E-state index contributed by atoms with van der Waals surface area (Å²) in [6, 6.07) is 6.41. The van der Waals surface area contributed by atoms with Crippen LogP contribution in [0.1, 0.15) is 18.1 Å². The van der Waals surface area contributed by atoms with Crippen molar-refractivity contribution in [2.45, 2.75) is 20.8 Å². The molecule has 1 aromatic carbocycles. The van der Waals surface area contributed by atoms with Gasteiger partial charge in [0.2, 0.25) is 10.0 Å². The van der Waals surface area contributed by atoms with Gasteiger partial charge in [-0.15, -0.1) is 24.0 Å². The molecule has 0 spiro atoms. The quantitative estimate of drug-likeness (QED) is 0.365. The van der Waals surface area contributed by atoms with Crippen molar-refractivity contribution in [2.75, 3.05) is 49.9 Å². The van der Waals surface area contributed by atoms with Gasteiger partial charge in [0.25, 0.3) is 0 Å². The van der Waals surface area contributed by atoms with E-state index < -0.39 is 10.0 Å². The number of hydrogen-bond donors (Lipinski definition) is 2. The number of aryl methyl sites for hydroxylation is 1. The van der Waals surface area contributed by atoms with Gasteiger partial charge >= 0.3 is 0 Å². The number of nitrogens with one attached hydrogen (secondary N) is 1. The van der Waals surface area contributed by atoms with E-state index in [1.165, 1.54) is 16.8 Å². The van der Waals surface area contributed by atoms with Crippen molar-refractivity contribution in [2.24, 2.45) is 10.1 Å². The molecule has 7 nitrogen and oxygen atoms in total. The molecule has 0 atom stereocenters. The van der Waals surface area contributed by atoms with Gasteiger partial charge in [-0.2, -0.15) is 0 Å². The van der Waals surface area contributed by atoms with Gasteiger partial charge in [0.15, 0.2) is 5.96 Å². The molecule has 1 aliphatic rings. The number of rotatable bonds is 5. The Morgan fingerprint density at radius 3 is 2.46 bits per heavy atom. The third-order valence-electron chi connectivity index (χ3n) is 4.47. The monoisotopic (exact) mass is 495 g/mol. The van der Waals surface area contributed by atoms with Gasteiger partial charge in [0, 0.05) is 38.4 Å². The van der Waals surface area contributed by atoms with Crippen molar-refractivity contribution in [1.82, 2.24) is 10.2 Å². The molecule has 148 valence electrons. The molecule has 0 radical (unpaired) electrons. The van der Waals surface area contributed by atoms with Crippen molar-refractivity contribution in [3.05, 3.63) is 29.3 Å². The van der Waals surface area contributed by atoms with Crippen LogP contribution in [0.4, 0.5) is 5.69 Å². The summed E-state index contributed by atoms with van der Waals surface area (Å²) >= 11 is 0. The summed E-state index contributed by atoms with van der Waals surface area (Å²) in [5.41, 5.74) is 3.92. The molecule has 0 saturated carbocycles. The number of nitrogens with two attached hydrogens (primary N) is 1. The summed E-state index contributed by atoms with van der Waals surface area (Å²) < 4.78 is 22.1. The average Bonchev–Trinajstić information content (AvgIpc) is 2.56. The molecular formula is C17H30IN5O2S. The topological polar surface area (TPSA) is 91.0 Å². The number of nitrogens with zero attached hydrogens (tertiary/aromatic N) is 3. The lowest BCUT2D eigenvalue weighted by atomic mass is 10.1. The van der Waals surface area contributed by atoms with Crippen molar-refractivity contribution >= 4 is 45.6 Å². The van der Waals surface area contributed by atoms with Gasteiger partial charge in [-0.3, -0.25) is 4.99 Å². The molecule has 0 unspecified atom stereocenters. The number of aliphatic imine (C=N–C) groups is 1. The van der Waals surface area contributed by atoms with Crippen LogP contribution in [-0.4, -0.2) is 64.3 Å². The molecule has 2 rings (SSSR count). The van der Waals surface area contributed by atoms with Crippen LogP contribution in [-0.2, 0) is 10.0 Å². The third-order valence-corrected chi connectivity index (χ3v) is 5.22. The Hall–Kier alpha value is -1.07. The Morgan fingerprint density at radius 1 is 1.23 bits per heavy atom. The number of piperazine rings is 1. The lowest BCUT2D eigenvalue weighted by Gasteiger charge is -2.38. The first-order chi connectivity index (χ1) is 11.8. The van der Waals surface area contributed by atoms with Crippen molar-refractivity contribution in [3.63, 3.8) is 0 Å². The summed E-state index contributed by atoms with van der Waals surface area (Å²) in [7, 11) is -3.48. The second-order valence-corrected chi connectivity index (χ2v) is 8.03. The molecule has 0 bridgehead atoms. The zero-order valence-corrected chi connectivity index (χ0v) is 18.9. The Balaban J connectivity index is 0.00000338. The van der Waals surface area contributed by atoms with Crippen LogP contribution in [0.15, 0.2) is 23.2 Å². The lowest BCUT2D eigenvalue weighted by molar-refractivity contribution is 0.372. The molecule has 0 amide bonds. The number of halogens is 1. The maximum Gasteiger partial charge on any atom is 0.210 e. The van der Waals surface area contributed by atoms with E-state index >= 15 is 0 Å². The highest BCUT2D eigenvalue weighted by Crippen LogP contribution is 2.23. The van der Waals surface area contributed by atoms with E-state index in [0.717, 1.165) is 38.7 Å². The fourth-order valence-corrected chi connectivity index (χ4v) is 3.29. The highest BCUT2D eigenvalue weighted by atomic mass is 127. The first kappa shape index (κ1) is 23.0. The van der Waals surface area contributed by atoms with E-state index in [4.69, 9.17) is 5.14 Å². The lowest BCUT2D eigenvalue weighted by Crippen LogP contribution is -2.52. The van der Waals surface area contributed by atoms with Crippen LogP contribution in [0.2, 0.25) is 0 Å². The zero-order chi connectivity index (χ0) is 18.4. The molecule has 1 fully saturated rings. The fourth-order valence-electron chi connectivity index (χ4n) is 2.94. The van der Waals surface area contributed by atoms with Crippen LogP contribution in [0, 0.1) is 13.8 Å². The van der Waals surface area contributed by atoms with Gasteiger partial charge in [-0.1, -0.05) is 12.1 Å². The molecule has 1 saturated heterocycles. The minimum atomic E-state index is -3.48. The van der Waals surface area contributed by atoms with E-state index in [1.54, 1.807) is 0 Å². The summed E-state index contributed by atoms with van der Waals surface area (Å²) in [4.78, 5) is 8.98. The molecule has 9 heteroatoms. The largest absolute Gasteiger partial charge is 0.368 e. The molecule has 0 aromatic heterocycles. The first-order valence-corrected chi connectivity index (χ1v) is 10.4. The summed E-state index contributed by atoms with van der Waals surface area (Å²) in [6.07, 6.45) is 0. The molecule has 1 heterocycles. The number of primary sulfonamides is 1. The SMILES string of the molecule is CCNC(=NCCS(N)(=O)=O)N1CCN(c2cccc(C)c2C)CC1.I. The second kappa shape index (κ2) is 10.3. The Morgan fingerprint density at radius 2 is 1.88 bits per heavy atom. The van der Waals surface area contributed by atoms with Gasteiger partial charge in [0.05, 0.1) is 12.3 Å². The van der Waals surface area contributed by atoms with E-state index in [-0.39, 0.29) is 36.3 Å². The zero-order valence-electron chi connectivity index (χ0n) is 15.7. The number of sulfonamides is 1. The minimum absolute atomic E-state index is 0. The second-order valence-electron chi connectivity index (χ2n) is 6.30. The van der Waals surface area contributed by atoms with Gasteiger partial charge in [-0.05, 0) is 38.0 Å². The van der Waals surface area contributed by atoms with Crippen LogP contribution < -0.4 is 15.4 Å². The molecule has 3 N–H and O–H groups in total. The van der Waals surface area contributed by atoms with E-state index in [9.17, 15) is 8.42 Å². The Kier molecular flexibility index (Phi) is 9.11. The fraction of sp³-hybridized carbons (Fsp3) is 0.588. The Bertz CT molecular complexity index is 716. The highest BCUT2D eigenvalue weighted by molar-refractivity contribution is 14.0. The van der Waals surface area contributed by atoms with E-state index in [2.05, 4.69) is 52.2 Å². The Labute approximate surface area is 174 Å². The molecule has 0 aliphatic carbocycles. The van der Waals surface area contributed by atoms with Crippen LogP contribution in [0.25, 0.3) is 0 Å². The van der Waals surface area contributed by atoms with Gasteiger partial charge < -0.3 is 15.1 Å². The standard InChI is InChI=1S/C17H29N5O2S.HI/c1-4-19-17(20-8-13-25(18,23)24)22-11-9-21(10-12-22)16-7-5-6-14(2)15(16)3;/h5-7H,4,8-13H2,1-3H3,(H,19,20)(H2,18,23,24);1H. The van der Waals surface area contributed by atoms with Gasteiger partial charge in [-0.25, -0.2) is 13.6 Å². The smallest absolute Gasteiger partial charge is 0.210 e. The number of benzene rings is 1. The maximum absolute atomic E-state index is 11.1. The normalized spacial score (nSPS) is 15.6. The highest BCUT2D eigenvalue weighted by Gasteiger charge is 2.21. The maximum atomic E-state index is 11.1. The predicted molar refractivity (Wildman–Crippen MR) is 119 cm³/mol. The molecule has 1 aliphatic heterocycles. The number of guanidine groups is 1. The van der Waals surface area contributed by atoms with Crippen LogP contribution in [0.3, 0.4) is 0 Å². The molecular weight excluding hydrogens is 465 g/mol. The first-order valence-electron chi connectivity index (χ1n) is 8.66. The number of anilines is 1. The molecule has 1 aromatic rings. The predicted octanol–water partition coefficient (Wildman–Crippen LogP) is 1.30. The summed E-state index contributed by atoms with van der Waals surface area (Å²) in [6.45, 7) is 10.7.